The Labute approximate surface area is 145 Å². The molecular weight excluding hydrogens is 316 g/mol. The molecule has 0 spiro atoms. The minimum Gasteiger partial charge on any atom is -0.497 e. The van der Waals surface area contributed by atoms with Crippen LogP contribution in [-0.4, -0.2) is 38.4 Å². The van der Waals surface area contributed by atoms with Crippen LogP contribution in [0.1, 0.15) is 0 Å². The van der Waals surface area contributed by atoms with Crippen molar-refractivity contribution in [2.45, 2.75) is 0 Å². The third kappa shape index (κ3) is 3.10. The molecule has 1 aliphatic heterocycles. The van der Waals surface area contributed by atoms with Crippen molar-refractivity contribution in [2.24, 2.45) is 0 Å². The fraction of sp³-hybridized carbons (Fsp3) is 0.250. The highest BCUT2D eigenvalue weighted by atomic mass is 16.5. The lowest BCUT2D eigenvalue weighted by Gasteiger charge is -2.29. The van der Waals surface area contributed by atoms with E-state index in [1.807, 2.05) is 36.4 Å². The molecule has 5 heteroatoms. The van der Waals surface area contributed by atoms with Crippen molar-refractivity contribution in [1.82, 2.24) is 4.98 Å². The predicted octanol–water partition coefficient (Wildman–Crippen LogP) is 3.04. The highest BCUT2D eigenvalue weighted by Gasteiger charge is 2.13. The van der Waals surface area contributed by atoms with Crippen molar-refractivity contribution in [3.63, 3.8) is 0 Å². The fourth-order valence-electron chi connectivity index (χ4n) is 3.18. The minimum atomic E-state index is 0.0228. The Morgan fingerprint density at radius 1 is 1.04 bits per heavy atom. The average molecular weight is 336 g/mol. The lowest BCUT2D eigenvalue weighted by atomic mass is 10.1. The largest absolute Gasteiger partial charge is 0.497 e. The first-order valence-electron chi connectivity index (χ1n) is 8.39. The van der Waals surface area contributed by atoms with Crippen molar-refractivity contribution in [3.8, 4) is 17.0 Å². The second-order valence-electron chi connectivity index (χ2n) is 6.11. The maximum absolute atomic E-state index is 12.6. The van der Waals surface area contributed by atoms with Gasteiger partial charge in [-0.25, -0.2) is 0 Å². The normalized spacial score (nSPS) is 14.7. The molecule has 1 fully saturated rings. The number of aromatic nitrogens is 1. The molecule has 5 nitrogen and oxygen atoms in total. The van der Waals surface area contributed by atoms with Gasteiger partial charge < -0.3 is 19.4 Å². The summed E-state index contributed by atoms with van der Waals surface area (Å²) in [5.74, 6) is 0.794. The molecule has 2 heterocycles. The van der Waals surface area contributed by atoms with Crippen molar-refractivity contribution in [3.05, 3.63) is 58.8 Å². The van der Waals surface area contributed by atoms with E-state index in [0.717, 1.165) is 54.5 Å². The lowest BCUT2D eigenvalue weighted by molar-refractivity contribution is 0.122. The van der Waals surface area contributed by atoms with E-state index in [2.05, 4.69) is 16.0 Å². The van der Waals surface area contributed by atoms with Crippen LogP contribution in [0.3, 0.4) is 0 Å². The van der Waals surface area contributed by atoms with Crippen molar-refractivity contribution < 1.29 is 9.47 Å². The monoisotopic (exact) mass is 336 g/mol. The molecular formula is C20H20N2O3. The Balaban J connectivity index is 1.73. The number of benzene rings is 2. The van der Waals surface area contributed by atoms with E-state index >= 15 is 0 Å². The number of ether oxygens (including phenoxy) is 2. The zero-order chi connectivity index (χ0) is 17.2. The van der Waals surface area contributed by atoms with Crippen LogP contribution >= 0.6 is 0 Å². The van der Waals surface area contributed by atoms with Crippen molar-refractivity contribution >= 4 is 16.6 Å². The van der Waals surface area contributed by atoms with E-state index in [4.69, 9.17) is 9.47 Å². The Bertz CT molecular complexity index is 941. The van der Waals surface area contributed by atoms with Crippen molar-refractivity contribution in [1.29, 1.82) is 0 Å². The first-order valence-corrected chi connectivity index (χ1v) is 8.39. The van der Waals surface area contributed by atoms with E-state index in [9.17, 15) is 4.79 Å². The molecule has 0 bridgehead atoms. The third-order valence-electron chi connectivity index (χ3n) is 4.59. The summed E-state index contributed by atoms with van der Waals surface area (Å²) in [5.41, 5.74) is 3.69. The van der Waals surface area contributed by atoms with Gasteiger partial charge in [0.15, 0.2) is 5.43 Å². The number of pyridine rings is 1. The zero-order valence-electron chi connectivity index (χ0n) is 14.1. The zero-order valence-corrected chi connectivity index (χ0v) is 14.1. The first-order chi connectivity index (χ1) is 12.2. The Kier molecular flexibility index (Phi) is 4.15. The van der Waals surface area contributed by atoms with Gasteiger partial charge in [-0.3, -0.25) is 4.79 Å². The highest BCUT2D eigenvalue weighted by molar-refractivity contribution is 5.84. The van der Waals surface area contributed by atoms with Gasteiger partial charge in [-0.05, 0) is 48.0 Å². The maximum Gasteiger partial charge on any atom is 0.190 e. The molecule has 128 valence electrons. The van der Waals surface area contributed by atoms with Gasteiger partial charge in [-0.2, -0.15) is 0 Å². The topological polar surface area (TPSA) is 54.6 Å². The number of hydrogen-bond donors (Lipinski definition) is 1. The summed E-state index contributed by atoms with van der Waals surface area (Å²) < 4.78 is 10.6. The molecule has 1 aromatic heterocycles. The minimum absolute atomic E-state index is 0.0228. The number of nitrogens with one attached hydrogen (secondary N) is 1. The number of fused-ring (bicyclic) bond motifs is 1. The van der Waals surface area contributed by atoms with Gasteiger partial charge in [0.2, 0.25) is 0 Å². The predicted molar refractivity (Wildman–Crippen MR) is 99.6 cm³/mol. The summed E-state index contributed by atoms with van der Waals surface area (Å²) in [6, 6.07) is 15.3. The van der Waals surface area contributed by atoms with Gasteiger partial charge in [0, 0.05) is 41.4 Å². The van der Waals surface area contributed by atoms with Gasteiger partial charge in [0.05, 0.1) is 20.3 Å². The quantitative estimate of drug-likeness (QED) is 0.799. The van der Waals surface area contributed by atoms with Gasteiger partial charge in [0.25, 0.3) is 0 Å². The van der Waals surface area contributed by atoms with E-state index in [1.165, 1.54) is 0 Å². The molecule has 2 aromatic carbocycles. The molecule has 0 amide bonds. The van der Waals surface area contributed by atoms with E-state index < -0.39 is 0 Å². The van der Waals surface area contributed by atoms with Crippen LogP contribution in [0.5, 0.6) is 5.75 Å². The average Bonchev–Trinajstić information content (AvgIpc) is 2.68. The molecule has 1 saturated heterocycles. The SMILES string of the molecule is COc1ccc(-c2cc(=O)c3cc(N4CCOCC4)ccc3[nH]2)cc1. The van der Waals surface area contributed by atoms with Gasteiger partial charge in [0.1, 0.15) is 5.75 Å². The summed E-state index contributed by atoms with van der Waals surface area (Å²) in [6.07, 6.45) is 0. The molecule has 0 aliphatic carbocycles. The second-order valence-corrected chi connectivity index (χ2v) is 6.11. The molecule has 4 rings (SSSR count). The van der Waals surface area contributed by atoms with Gasteiger partial charge >= 0.3 is 0 Å². The molecule has 1 aliphatic rings. The Morgan fingerprint density at radius 3 is 2.52 bits per heavy atom. The van der Waals surface area contributed by atoms with Crippen LogP contribution in [0.2, 0.25) is 0 Å². The van der Waals surface area contributed by atoms with Crippen LogP contribution in [0.4, 0.5) is 5.69 Å². The molecule has 25 heavy (non-hydrogen) atoms. The standard InChI is InChI=1S/C20H20N2O3/c1-24-16-5-2-14(3-6-16)19-13-20(23)17-12-15(4-7-18(17)21-19)22-8-10-25-11-9-22/h2-7,12-13H,8-11H2,1H3,(H,21,23). The number of nitrogens with zero attached hydrogens (tertiary/aromatic N) is 1. The van der Waals surface area contributed by atoms with Crippen LogP contribution in [0, 0.1) is 0 Å². The van der Waals surface area contributed by atoms with Crippen molar-refractivity contribution in [2.75, 3.05) is 38.3 Å². The number of rotatable bonds is 3. The highest BCUT2D eigenvalue weighted by Crippen LogP contribution is 2.24. The number of H-pyrrole nitrogens is 1. The van der Waals surface area contributed by atoms with Crippen LogP contribution in [-0.2, 0) is 4.74 Å². The smallest absolute Gasteiger partial charge is 0.190 e. The van der Waals surface area contributed by atoms with E-state index in [0.29, 0.717) is 5.39 Å². The number of hydrogen-bond acceptors (Lipinski definition) is 4. The molecule has 0 atom stereocenters. The molecule has 1 N–H and O–H groups in total. The summed E-state index contributed by atoms with van der Waals surface area (Å²) in [6.45, 7) is 3.16. The first kappa shape index (κ1) is 15.7. The molecule has 0 saturated carbocycles. The summed E-state index contributed by atoms with van der Waals surface area (Å²) in [4.78, 5) is 18.3. The maximum atomic E-state index is 12.6. The summed E-state index contributed by atoms with van der Waals surface area (Å²) >= 11 is 0. The van der Waals surface area contributed by atoms with Gasteiger partial charge in [-0.1, -0.05) is 0 Å². The molecule has 3 aromatic rings. The number of morpholine rings is 1. The summed E-state index contributed by atoms with van der Waals surface area (Å²) in [5, 5.41) is 0.709. The number of aromatic amines is 1. The molecule has 0 unspecified atom stereocenters. The number of anilines is 1. The molecule has 0 radical (unpaired) electrons. The van der Waals surface area contributed by atoms with Crippen LogP contribution in [0.15, 0.2) is 53.3 Å². The van der Waals surface area contributed by atoms with Crippen LogP contribution < -0.4 is 15.1 Å². The van der Waals surface area contributed by atoms with E-state index in [1.54, 1.807) is 13.2 Å². The number of methoxy groups -OCH3 is 1. The Morgan fingerprint density at radius 2 is 1.80 bits per heavy atom. The van der Waals surface area contributed by atoms with Crippen LogP contribution in [0.25, 0.3) is 22.2 Å². The van der Waals surface area contributed by atoms with E-state index in [-0.39, 0.29) is 5.43 Å². The summed E-state index contributed by atoms with van der Waals surface area (Å²) in [7, 11) is 1.64. The Hall–Kier alpha value is -2.79. The second kappa shape index (κ2) is 6.61. The third-order valence-corrected chi connectivity index (χ3v) is 4.59. The lowest BCUT2D eigenvalue weighted by Crippen LogP contribution is -2.36. The van der Waals surface area contributed by atoms with Gasteiger partial charge in [-0.15, -0.1) is 0 Å². The fourth-order valence-corrected chi connectivity index (χ4v) is 3.18.